The Hall–Kier alpha value is -0.620. The van der Waals surface area contributed by atoms with E-state index < -0.39 is 0 Å². The number of ether oxygens (including phenoxy) is 1. The molecule has 0 radical (unpaired) electrons. The van der Waals surface area contributed by atoms with Gasteiger partial charge in [0.25, 0.3) is 0 Å². The van der Waals surface area contributed by atoms with Crippen LogP contribution in [0.1, 0.15) is 11.7 Å². The van der Waals surface area contributed by atoms with Crippen LogP contribution in [0.15, 0.2) is 22.7 Å². The molecule has 0 aromatic heterocycles. The molecule has 1 unspecified atom stereocenters. The number of hydrogen-bond donors (Lipinski definition) is 2. The Morgan fingerprint density at radius 2 is 2.12 bits per heavy atom. The molecule has 0 spiro atoms. The Morgan fingerprint density at radius 3 is 2.71 bits per heavy atom. The maximum atomic E-state index is 6.27. The van der Waals surface area contributed by atoms with Gasteiger partial charge in [0.15, 0.2) is 0 Å². The molecular weight excluding hydrogens is 282 g/mol. The smallest absolute Gasteiger partial charge is 0.133 e. The molecule has 1 atom stereocenters. The van der Waals surface area contributed by atoms with Crippen LogP contribution in [0, 0.1) is 0 Å². The monoisotopic (exact) mass is 299 g/mol. The van der Waals surface area contributed by atoms with Crippen LogP contribution < -0.4 is 15.8 Å². The summed E-state index contributed by atoms with van der Waals surface area (Å²) in [6.45, 7) is 3.99. The van der Waals surface area contributed by atoms with Gasteiger partial charge in [-0.2, -0.15) is 0 Å². The first kappa shape index (κ1) is 12.8. The highest BCUT2D eigenvalue weighted by molar-refractivity contribution is 9.10. The highest BCUT2D eigenvalue weighted by Crippen LogP contribution is 2.28. The van der Waals surface area contributed by atoms with Crippen molar-refractivity contribution in [3.8, 4) is 5.75 Å². The Balaban J connectivity index is 2.12. The van der Waals surface area contributed by atoms with Crippen LogP contribution in [-0.4, -0.2) is 38.2 Å². The number of benzene rings is 1. The van der Waals surface area contributed by atoms with Gasteiger partial charge in [0.2, 0.25) is 0 Å². The summed E-state index contributed by atoms with van der Waals surface area (Å²) in [5.41, 5.74) is 7.38. The van der Waals surface area contributed by atoms with Gasteiger partial charge >= 0.3 is 0 Å². The highest BCUT2D eigenvalue weighted by atomic mass is 79.9. The summed E-state index contributed by atoms with van der Waals surface area (Å²) >= 11 is 3.49. The molecule has 1 aromatic rings. The van der Waals surface area contributed by atoms with E-state index in [2.05, 4.69) is 26.1 Å². The molecule has 1 heterocycles. The molecule has 17 heavy (non-hydrogen) atoms. The van der Waals surface area contributed by atoms with Gasteiger partial charge in [-0.15, -0.1) is 0 Å². The zero-order valence-corrected chi connectivity index (χ0v) is 11.5. The van der Waals surface area contributed by atoms with Crippen LogP contribution >= 0.6 is 15.9 Å². The third-order valence-corrected chi connectivity index (χ3v) is 3.68. The first-order valence-electron chi connectivity index (χ1n) is 5.76. The molecule has 1 aliphatic rings. The summed E-state index contributed by atoms with van der Waals surface area (Å²) in [5.74, 6) is 0.835. The van der Waals surface area contributed by atoms with Crippen molar-refractivity contribution in [3.05, 3.63) is 28.2 Å². The average Bonchev–Trinajstić information content (AvgIpc) is 2.39. The Labute approximate surface area is 110 Å². The molecule has 4 nitrogen and oxygen atoms in total. The van der Waals surface area contributed by atoms with Crippen molar-refractivity contribution in [3.63, 3.8) is 0 Å². The van der Waals surface area contributed by atoms with Gasteiger partial charge in [0.05, 0.1) is 17.7 Å². The third-order valence-electron chi connectivity index (χ3n) is 3.06. The Kier molecular flexibility index (Phi) is 4.39. The lowest BCUT2D eigenvalue weighted by molar-refractivity contribution is 0.177. The molecule has 5 heteroatoms. The van der Waals surface area contributed by atoms with E-state index in [1.807, 2.05) is 18.2 Å². The quantitative estimate of drug-likeness (QED) is 0.884. The fourth-order valence-corrected chi connectivity index (χ4v) is 2.60. The number of methoxy groups -OCH3 is 1. The van der Waals surface area contributed by atoms with Gasteiger partial charge in [-0.3, -0.25) is 4.90 Å². The highest BCUT2D eigenvalue weighted by Gasteiger charge is 2.18. The number of halogens is 1. The summed E-state index contributed by atoms with van der Waals surface area (Å²) < 4.78 is 6.16. The minimum atomic E-state index is -0.0423. The lowest BCUT2D eigenvalue weighted by Crippen LogP contribution is -2.47. The predicted octanol–water partition coefficient (Wildman–Crippen LogP) is 1.32. The van der Waals surface area contributed by atoms with Crippen molar-refractivity contribution in [1.82, 2.24) is 10.2 Å². The molecule has 1 fully saturated rings. The summed E-state index contributed by atoms with van der Waals surface area (Å²) in [6, 6.07) is 6.00. The summed E-state index contributed by atoms with van der Waals surface area (Å²) in [6.07, 6.45) is -0.0423. The lowest BCUT2D eigenvalue weighted by Gasteiger charge is -2.32. The zero-order valence-electron chi connectivity index (χ0n) is 9.95. The van der Waals surface area contributed by atoms with Gasteiger partial charge in [0, 0.05) is 26.2 Å². The topological polar surface area (TPSA) is 50.5 Å². The molecule has 0 saturated carbocycles. The van der Waals surface area contributed by atoms with Crippen LogP contribution in [-0.2, 0) is 0 Å². The molecule has 1 saturated heterocycles. The minimum absolute atomic E-state index is 0.0423. The molecule has 0 amide bonds. The van der Waals surface area contributed by atoms with Gasteiger partial charge in [-0.1, -0.05) is 6.07 Å². The van der Waals surface area contributed by atoms with Crippen molar-refractivity contribution < 1.29 is 4.74 Å². The van der Waals surface area contributed by atoms with E-state index in [0.29, 0.717) is 0 Å². The number of rotatable bonds is 3. The van der Waals surface area contributed by atoms with Crippen molar-refractivity contribution in [2.45, 2.75) is 6.17 Å². The second-order valence-electron chi connectivity index (χ2n) is 4.12. The SMILES string of the molecule is COc1ccc(C(N)N2CCNCC2)cc1Br. The van der Waals surface area contributed by atoms with E-state index >= 15 is 0 Å². The molecule has 1 aliphatic heterocycles. The maximum Gasteiger partial charge on any atom is 0.133 e. The van der Waals surface area contributed by atoms with Crippen LogP contribution in [0.2, 0.25) is 0 Å². The molecule has 0 bridgehead atoms. The fraction of sp³-hybridized carbons (Fsp3) is 0.500. The average molecular weight is 300 g/mol. The van der Waals surface area contributed by atoms with Crippen molar-refractivity contribution in [1.29, 1.82) is 0 Å². The maximum absolute atomic E-state index is 6.27. The number of nitrogens with two attached hydrogens (primary N) is 1. The van der Waals surface area contributed by atoms with Crippen LogP contribution in [0.3, 0.4) is 0 Å². The summed E-state index contributed by atoms with van der Waals surface area (Å²) in [5, 5.41) is 3.32. The first-order chi connectivity index (χ1) is 8.22. The summed E-state index contributed by atoms with van der Waals surface area (Å²) in [7, 11) is 1.66. The fourth-order valence-electron chi connectivity index (χ4n) is 2.04. The summed E-state index contributed by atoms with van der Waals surface area (Å²) in [4.78, 5) is 2.28. The number of hydrogen-bond acceptors (Lipinski definition) is 4. The zero-order chi connectivity index (χ0) is 12.3. The van der Waals surface area contributed by atoms with E-state index in [4.69, 9.17) is 10.5 Å². The second-order valence-corrected chi connectivity index (χ2v) is 4.98. The van der Waals surface area contributed by atoms with E-state index in [-0.39, 0.29) is 6.17 Å². The van der Waals surface area contributed by atoms with Gasteiger partial charge in [-0.05, 0) is 33.6 Å². The predicted molar refractivity (Wildman–Crippen MR) is 72.1 cm³/mol. The van der Waals surface area contributed by atoms with Crippen molar-refractivity contribution in [2.75, 3.05) is 33.3 Å². The van der Waals surface area contributed by atoms with Crippen LogP contribution in [0.4, 0.5) is 0 Å². The number of nitrogens with zero attached hydrogens (tertiary/aromatic N) is 1. The largest absolute Gasteiger partial charge is 0.496 e. The number of piperazine rings is 1. The van der Waals surface area contributed by atoms with Gasteiger partial charge < -0.3 is 15.8 Å². The van der Waals surface area contributed by atoms with E-state index in [9.17, 15) is 0 Å². The van der Waals surface area contributed by atoms with Crippen molar-refractivity contribution >= 4 is 15.9 Å². The van der Waals surface area contributed by atoms with Crippen LogP contribution in [0.25, 0.3) is 0 Å². The first-order valence-corrected chi connectivity index (χ1v) is 6.55. The normalized spacial score (nSPS) is 19.0. The van der Waals surface area contributed by atoms with E-state index in [1.54, 1.807) is 7.11 Å². The molecule has 1 aromatic carbocycles. The van der Waals surface area contributed by atoms with E-state index in [1.165, 1.54) is 0 Å². The molecular formula is C12H18BrN3O. The van der Waals surface area contributed by atoms with E-state index in [0.717, 1.165) is 42.0 Å². The third kappa shape index (κ3) is 2.98. The molecule has 2 rings (SSSR count). The Bertz CT molecular complexity index is 380. The van der Waals surface area contributed by atoms with Crippen molar-refractivity contribution in [2.24, 2.45) is 5.73 Å². The minimum Gasteiger partial charge on any atom is -0.496 e. The second kappa shape index (κ2) is 5.82. The number of nitrogens with one attached hydrogen (secondary N) is 1. The lowest BCUT2D eigenvalue weighted by atomic mass is 10.1. The Morgan fingerprint density at radius 1 is 1.41 bits per heavy atom. The van der Waals surface area contributed by atoms with Gasteiger partial charge in [-0.25, -0.2) is 0 Å². The van der Waals surface area contributed by atoms with Crippen LogP contribution in [0.5, 0.6) is 5.75 Å². The molecule has 0 aliphatic carbocycles. The van der Waals surface area contributed by atoms with Gasteiger partial charge in [0.1, 0.15) is 5.75 Å². The molecule has 94 valence electrons. The standard InChI is InChI=1S/C12H18BrN3O/c1-17-11-3-2-9(8-10(11)13)12(14)16-6-4-15-5-7-16/h2-3,8,12,15H,4-7,14H2,1H3. The molecule has 3 N–H and O–H groups in total.